The van der Waals surface area contributed by atoms with Crippen LogP contribution in [0.5, 0.6) is 0 Å². The molecule has 33 heavy (non-hydrogen) atoms. The average Bonchev–Trinajstić information content (AvgIpc) is 2.82. The number of carbonyl (C=O) groups is 1. The van der Waals surface area contributed by atoms with E-state index in [1.807, 2.05) is 24.3 Å². The highest BCUT2D eigenvalue weighted by molar-refractivity contribution is 7.88. The van der Waals surface area contributed by atoms with Crippen LogP contribution in [0.15, 0.2) is 42.5 Å². The van der Waals surface area contributed by atoms with Crippen molar-refractivity contribution in [3.63, 3.8) is 0 Å². The van der Waals surface area contributed by atoms with Gasteiger partial charge in [0.1, 0.15) is 0 Å². The van der Waals surface area contributed by atoms with Crippen molar-refractivity contribution in [3.05, 3.63) is 58.1 Å². The Hall–Kier alpha value is -1.80. The first kappa shape index (κ1) is 24.3. The largest absolute Gasteiger partial charge is 0.372 e. The van der Waals surface area contributed by atoms with Gasteiger partial charge in [-0.1, -0.05) is 29.3 Å². The summed E-state index contributed by atoms with van der Waals surface area (Å²) in [4.78, 5) is 15.3. The van der Waals surface area contributed by atoms with Crippen LogP contribution in [0.3, 0.4) is 0 Å². The summed E-state index contributed by atoms with van der Waals surface area (Å²) in [6.07, 6.45) is 5.02. The first-order valence-corrected chi connectivity index (χ1v) is 13.8. The zero-order valence-electron chi connectivity index (χ0n) is 18.5. The van der Waals surface area contributed by atoms with Crippen LogP contribution in [0.25, 0.3) is 0 Å². The number of nitrogens with one attached hydrogen (secondary N) is 1. The average molecular weight is 510 g/mol. The van der Waals surface area contributed by atoms with Gasteiger partial charge in [-0.05, 0) is 74.1 Å². The zero-order chi connectivity index (χ0) is 23.4. The molecule has 1 amide bonds. The van der Waals surface area contributed by atoms with Gasteiger partial charge in [-0.2, -0.15) is 0 Å². The minimum atomic E-state index is -3.58. The van der Waals surface area contributed by atoms with Crippen LogP contribution in [0.1, 0.15) is 37.7 Å². The molecule has 1 N–H and O–H groups in total. The summed E-state index contributed by atoms with van der Waals surface area (Å²) in [5.41, 5.74) is 2.48. The molecule has 178 valence electrons. The molecule has 0 radical (unpaired) electrons. The predicted molar refractivity (Wildman–Crippen MR) is 135 cm³/mol. The van der Waals surface area contributed by atoms with Gasteiger partial charge in [0, 0.05) is 37.6 Å². The monoisotopic (exact) mass is 509 g/mol. The third-order valence-electron chi connectivity index (χ3n) is 6.34. The van der Waals surface area contributed by atoms with E-state index in [2.05, 4.69) is 10.2 Å². The van der Waals surface area contributed by atoms with Crippen molar-refractivity contribution in [1.82, 2.24) is 4.31 Å². The summed E-state index contributed by atoms with van der Waals surface area (Å²) in [6.45, 7) is 2.74. The number of anilines is 2. The van der Waals surface area contributed by atoms with Crippen LogP contribution in [0, 0.1) is 5.92 Å². The van der Waals surface area contributed by atoms with Gasteiger partial charge in [0.05, 0.1) is 21.7 Å². The molecule has 6 nitrogen and oxygen atoms in total. The topological polar surface area (TPSA) is 69.7 Å². The van der Waals surface area contributed by atoms with Crippen molar-refractivity contribution in [3.8, 4) is 0 Å². The molecule has 0 saturated carbocycles. The maximum absolute atomic E-state index is 13.0. The first-order chi connectivity index (χ1) is 15.8. The summed E-state index contributed by atoms with van der Waals surface area (Å²) in [5, 5.41) is 3.68. The van der Waals surface area contributed by atoms with E-state index in [4.69, 9.17) is 23.2 Å². The number of halogens is 2. The van der Waals surface area contributed by atoms with Crippen LogP contribution < -0.4 is 10.2 Å². The molecule has 0 aliphatic carbocycles. The Bertz CT molecular complexity index is 1090. The summed E-state index contributed by atoms with van der Waals surface area (Å²) in [6, 6.07) is 12.7. The van der Waals surface area contributed by atoms with Gasteiger partial charge >= 0.3 is 0 Å². The SMILES string of the molecule is O=C(Nc1ccc(N2CCCCC2)cc1)[C@@H]1CCCN(S(=O)(=O)Cc2ccc(Cl)c(Cl)c2)C1. The lowest BCUT2D eigenvalue weighted by Gasteiger charge is -2.31. The third-order valence-corrected chi connectivity index (χ3v) is 8.89. The van der Waals surface area contributed by atoms with Gasteiger partial charge in [-0.3, -0.25) is 4.79 Å². The molecule has 9 heteroatoms. The van der Waals surface area contributed by atoms with Gasteiger partial charge in [0.15, 0.2) is 0 Å². The van der Waals surface area contributed by atoms with E-state index in [1.54, 1.807) is 18.2 Å². The Labute approximate surface area is 205 Å². The van der Waals surface area contributed by atoms with Crippen LogP contribution in [-0.4, -0.2) is 44.8 Å². The van der Waals surface area contributed by atoms with Crippen molar-refractivity contribution in [2.75, 3.05) is 36.4 Å². The molecule has 2 aliphatic heterocycles. The second-order valence-electron chi connectivity index (χ2n) is 8.79. The number of rotatable bonds is 6. The van der Waals surface area contributed by atoms with Crippen molar-refractivity contribution < 1.29 is 13.2 Å². The fourth-order valence-electron chi connectivity index (χ4n) is 4.49. The van der Waals surface area contributed by atoms with Gasteiger partial charge < -0.3 is 10.2 Å². The second kappa shape index (κ2) is 10.6. The van der Waals surface area contributed by atoms with Crippen LogP contribution in [0.2, 0.25) is 10.0 Å². The third kappa shape index (κ3) is 6.21. The summed E-state index contributed by atoms with van der Waals surface area (Å²) in [7, 11) is -3.58. The van der Waals surface area contributed by atoms with E-state index in [1.165, 1.54) is 29.3 Å². The molecule has 2 heterocycles. The molecule has 0 spiro atoms. The molecule has 4 rings (SSSR count). The number of piperidine rings is 2. The molecule has 2 saturated heterocycles. The summed E-state index contributed by atoms with van der Waals surface area (Å²) in [5.74, 6) is -0.699. The molecule has 2 aliphatic rings. The smallest absolute Gasteiger partial charge is 0.228 e. The number of amides is 1. The van der Waals surface area contributed by atoms with Gasteiger partial charge in [-0.15, -0.1) is 0 Å². The number of benzene rings is 2. The highest BCUT2D eigenvalue weighted by Gasteiger charge is 2.32. The fraction of sp³-hybridized carbons (Fsp3) is 0.458. The first-order valence-electron chi connectivity index (χ1n) is 11.4. The van der Waals surface area contributed by atoms with Crippen molar-refractivity contribution in [1.29, 1.82) is 0 Å². The van der Waals surface area contributed by atoms with E-state index in [-0.39, 0.29) is 24.1 Å². The number of hydrogen-bond acceptors (Lipinski definition) is 4. The normalized spacial score (nSPS) is 19.9. The second-order valence-corrected chi connectivity index (χ2v) is 11.6. The van der Waals surface area contributed by atoms with Gasteiger partial charge in [0.2, 0.25) is 15.9 Å². The summed E-state index contributed by atoms with van der Waals surface area (Å²) < 4.78 is 27.4. The van der Waals surface area contributed by atoms with Crippen molar-refractivity contribution in [2.24, 2.45) is 5.92 Å². The van der Waals surface area contributed by atoms with Crippen molar-refractivity contribution in [2.45, 2.75) is 37.9 Å². The Morgan fingerprint density at radius 3 is 2.36 bits per heavy atom. The lowest BCUT2D eigenvalue weighted by Crippen LogP contribution is -2.44. The van der Waals surface area contributed by atoms with Gasteiger partial charge in [0.25, 0.3) is 0 Å². The van der Waals surface area contributed by atoms with Crippen LogP contribution in [0.4, 0.5) is 11.4 Å². The number of sulfonamides is 1. The van der Waals surface area contributed by atoms with E-state index in [0.717, 1.165) is 18.8 Å². The lowest BCUT2D eigenvalue weighted by molar-refractivity contribution is -0.120. The molecule has 0 unspecified atom stereocenters. The van der Waals surface area contributed by atoms with Crippen molar-refractivity contribution >= 4 is 50.5 Å². The molecule has 0 aromatic heterocycles. The zero-order valence-corrected chi connectivity index (χ0v) is 20.8. The molecule has 2 aromatic rings. The molecule has 1 atom stereocenters. The maximum atomic E-state index is 13.0. The van der Waals surface area contributed by atoms with Crippen LogP contribution >= 0.6 is 23.2 Å². The van der Waals surface area contributed by atoms with E-state index < -0.39 is 10.0 Å². The minimum absolute atomic E-state index is 0.143. The maximum Gasteiger partial charge on any atom is 0.228 e. The number of nitrogens with zero attached hydrogens (tertiary/aromatic N) is 2. The molecule has 2 fully saturated rings. The Kier molecular flexibility index (Phi) is 7.84. The number of carbonyl (C=O) groups excluding carboxylic acids is 1. The standard InChI is InChI=1S/C24H29Cl2N3O3S/c25-22-11-6-18(15-23(22)26)17-33(31,32)29-14-4-5-19(16-29)24(30)27-20-7-9-21(10-8-20)28-12-2-1-3-13-28/h6-11,15,19H,1-5,12-14,16-17H2,(H,27,30)/t19-/m1/s1. The van der Waals surface area contributed by atoms with E-state index in [9.17, 15) is 13.2 Å². The van der Waals surface area contributed by atoms with Crippen LogP contribution in [-0.2, 0) is 20.6 Å². The Morgan fingerprint density at radius 1 is 0.939 bits per heavy atom. The Morgan fingerprint density at radius 2 is 1.67 bits per heavy atom. The Balaban J connectivity index is 1.36. The fourth-order valence-corrected chi connectivity index (χ4v) is 6.41. The molecular formula is C24H29Cl2N3O3S. The summed E-state index contributed by atoms with van der Waals surface area (Å²) >= 11 is 12.0. The van der Waals surface area contributed by atoms with E-state index in [0.29, 0.717) is 35.0 Å². The number of hydrogen-bond donors (Lipinski definition) is 1. The predicted octanol–water partition coefficient (Wildman–Crippen LogP) is 5.16. The van der Waals surface area contributed by atoms with E-state index >= 15 is 0 Å². The highest BCUT2D eigenvalue weighted by atomic mass is 35.5. The highest BCUT2D eigenvalue weighted by Crippen LogP contribution is 2.27. The minimum Gasteiger partial charge on any atom is -0.372 e. The quantitative estimate of drug-likeness (QED) is 0.583. The van der Waals surface area contributed by atoms with Gasteiger partial charge in [-0.25, -0.2) is 12.7 Å². The molecular weight excluding hydrogens is 481 g/mol. The lowest BCUT2D eigenvalue weighted by atomic mass is 9.98. The molecule has 2 aromatic carbocycles. The molecule has 0 bridgehead atoms.